The lowest BCUT2D eigenvalue weighted by Gasteiger charge is -2.28. The van der Waals surface area contributed by atoms with Crippen LogP contribution in [0, 0.1) is 5.92 Å². The minimum Gasteiger partial charge on any atom is -0.487 e. The first kappa shape index (κ1) is 15.5. The van der Waals surface area contributed by atoms with Crippen LogP contribution in [0.4, 0.5) is 0 Å². The molecule has 0 saturated heterocycles. The molecular formula is C15H23NO3. The maximum atomic E-state index is 11.6. The second-order valence-electron chi connectivity index (χ2n) is 5.07. The van der Waals surface area contributed by atoms with Gasteiger partial charge in [-0.15, -0.1) is 0 Å². The second-order valence-corrected chi connectivity index (χ2v) is 5.07. The molecule has 1 rings (SSSR count). The van der Waals surface area contributed by atoms with Crippen molar-refractivity contribution in [2.45, 2.75) is 45.9 Å². The molecule has 0 aliphatic rings. The fraction of sp³-hybridized carbons (Fsp3) is 0.533. The van der Waals surface area contributed by atoms with E-state index in [0.717, 1.165) is 5.75 Å². The summed E-state index contributed by atoms with van der Waals surface area (Å²) in [6.45, 7) is 7.49. The predicted molar refractivity (Wildman–Crippen MR) is 74.9 cm³/mol. The fourth-order valence-electron chi connectivity index (χ4n) is 1.80. The zero-order valence-electron chi connectivity index (χ0n) is 12.0. The third-order valence-electron chi connectivity index (χ3n) is 2.81. The number of benzene rings is 1. The van der Waals surface area contributed by atoms with E-state index in [1.807, 2.05) is 51.1 Å². The van der Waals surface area contributed by atoms with E-state index >= 15 is 0 Å². The highest BCUT2D eigenvalue weighted by Gasteiger charge is 2.27. The number of carbonyl (C=O) groups is 1. The Hall–Kier alpha value is -1.55. The highest BCUT2D eigenvalue weighted by molar-refractivity contribution is 5.75. The molecule has 0 saturated carbocycles. The van der Waals surface area contributed by atoms with E-state index in [-0.39, 0.29) is 18.1 Å². The van der Waals surface area contributed by atoms with Crippen LogP contribution in [0.5, 0.6) is 5.75 Å². The van der Waals surface area contributed by atoms with Crippen molar-refractivity contribution < 1.29 is 14.3 Å². The van der Waals surface area contributed by atoms with Crippen molar-refractivity contribution in [3.63, 3.8) is 0 Å². The number of ether oxygens (including phenoxy) is 2. The van der Waals surface area contributed by atoms with Crippen molar-refractivity contribution >= 4 is 5.97 Å². The summed E-state index contributed by atoms with van der Waals surface area (Å²) in [7, 11) is 0. The van der Waals surface area contributed by atoms with Crippen LogP contribution in [0.2, 0.25) is 0 Å². The van der Waals surface area contributed by atoms with Gasteiger partial charge in [0.2, 0.25) is 0 Å². The summed E-state index contributed by atoms with van der Waals surface area (Å²) in [5.74, 6) is 0.515. The summed E-state index contributed by atoms with van der Waals surface area (Å²) in [6, 6.07) is 8.86. The SMILES string of the molecule is CC(C)[C@@H](OC(=O)[C@H](C)N)[C@H](C)Oc1ccccc1. The van der Waals surface area contributed by atoms with Crippen molar-refractivity contribution in [2.24, 2.45) is 11.7 Å². The van der Waals surface area contributed by atoms with Crippen molar-refractivity contribution in [3.05, 3.63) is 30.3 Å². The molecule has 2 N–H and O–H groups in total. The van der Waals surface area contributed by atoms with E-state index in [1.165, 1.54) is 0 Å². The van der Waals surface area contributed by atoms with Crippen LogP contribution in [0.3, 0.4) is 0 Å². The van der Waals surface area contributed by atoms with Crippen LogP contribution in [0.15, 0.2) is 30.3 Å². The Labute approximate surface area is 114 Å². The maximum Gasteiger partial charge on any atom is 0.323 e. The highest BCUT2D eigenvalue weighted by atomic mass is 16.6. The quantitative estimate of drug-likeness (QED) is 0.802. The van der Waals surface area contributed by atoms with Crippen LogP contribution in [0.1, 0.15) is 27.7 Å². The molecule has 0 aromatic heterocycles. The largest absolute Gasteiger partial charge is 0.487 e. The molecule has 19 heavy (non-hydrogen) atoms. The zero-order valence-corrected chi connectivity index (χ0v) is 12.0. The van der Waals surface area contributed by atoms with E-state index in [2.05, 4.69) is 0 Å². The van der Waals surface area contributed by atoms with Gasteiger partial charge >= 0.3 is 5.97 Å². The van der Waals surface area contributed by atoms with Gasteiger partial charge in [0.05, 0.1) is 0 Å². The second kappa shape index (κ2) is 7.14. The Morgan fingerprint density at radius 3 is 2.16 bits per heavy atom. The van der Waals surface area contributed by atoms with Crippen molar-refractivity contribution in [1.82, 2.24) is 0 Å². The van der Waals surface area contributed by atoms with Crippen molar-refractivity contribution in [3.8, 4) is 5.75 Å². The summed E-state index contributed by atoms with van der Waals surface area (Å²) < 4.78 is 11.2. The highest BCUT2D eigenvalue weighted by Crippen LogP contribution is 2.18. The number of esters is 1. The van der Waals surface area contributed by atoms with Gasteiger partial charge in [0.1, 0.15) is 24.0 Å². The van der Waals surface area contributed by atoms with Gasteiger partial charge in [-0.3, -0.25) is 4.79 Å². The summed E-state index contributed by atoms with van der Waals surface area (Å²) in [4.78, 5) is 11.6. The Balaban J connectivity index is 2.68. The molecule has 4 heteroatoms. The molecule has 106 valence electrons. The van der Waals surface area contributed by atoms with Crippen molar-refractivity contribution in [1.29, 1.82) is 0 Å². The van der Waals surface area contributed by atoms with E-state index in [0.29, 0.717) is 0 Å². The number of rotatable bonds is 6. The Morgan fingerprint density at radius 1 is 1.11 bits per heavy atom. The molecule has 0 spiro atoms. The zero-order chi connectivity index (χ0) is 14.4. The lowest BCUT2D eigenvalue weighted by molar-refractivity contribution is -0.157. The minimum absolute atomic E-state index is 0.154. The molecule has 1 aromatic rings. The number of hydrogen-bond acceptors (Lipinski definition) is 4. The number of hydrogen-bond donors (Lipinski definition) is 1. The molecule has 0 aliphatic heterocycles. The Kier molecular flexibility index (Phi) is 5.83. The summed E-state index contributed by atoms with van der Waals surface area (Å²) in [6.07, 6.45) is -0.552. The Bertz CT molecular complexity index is 390. The van der Waals surface area contributed by atoms with Crippen molar-refractivity contribution in [2.75, 3.05) is 0 Å². The summed E-state index contributed by atoms with van der Waals surface area (Å²) >= 11 is 0. The van der Waals surface area contributed by atoms with E-state index in [4.69, 9.17) is 15.2 Å². The van der Waals surface area contributed by atoms with Gasteiger partial charge in [0, 0.05) is 0 Å². The average Bonchev–Trinajstić information content (AvgIpc) is 2.36. The third-order valence-corrected chi connectivity index (χ3v) is 2.81. The average molecular weight is 265 g/mol. The fourth-order valence-corrected chi connectivity index (χ4v) is 1.80. The van der Waals surface area contributed by atoms with Gasteiger partial charge in [-0.05, 0) is 31.9 Å². The first-order valence-electron chi connectivity index (χ1n) is 6.59. The first-order valence-corrected chi connectivity index (χ1v) is 6.59. The molecule has 0 heterocycles. The molecule has 0 fully saturated rings. The smallest absolute Gasteiger partial charge is 0.323 e. The standard InChI is InChI=1S/C15H23NO3/c1-10(2)14(19-15(17)11(3)16)12(4)18-13-8-6-5-7-9-13/h5-12,14H,16H2,1-4H3/t11-,12-,14+/m0/s1. The molecule has 0 amide bonds. The van der Waals surface area contributed by atoms with Gasteiger partial charge in [-0.2, -0.15) is 0 Å². The van der Waals surface area contributed by atoms with Crippen LogP contribution in [-0.2, 0) is 9.53 Å². The number of para-hydroxylation sites is 1. The first-order chi connectivity index (χ1) is 8.91. The third kappa shape index (κ3) is 4.91. The van der Waals surface area contributed by atoms with Gasteiger partial charge in [0.15, 0.2) is 0 Å². The summed E-state index contributed by atoms with van der Waals surface area (Å²) in [5.41, 5.74) is 5.52. The summed E-state index contributed by atoms with van der Waals surface area (Å²) in [5, 5.41) is 0. The van der Waals surface area contributed by atoms with Crippen LogP contribution in [0.25, 0.3) is 0 Å². The molecule has 1 aromatic carbocycles. The number of carbonyl (C=O) groups excluding carboxylic acids is 1. The lowest BCUT2D eigenvalue weighted by Crippen LogP contribution is -2.41. The Morgan fingerprint density at radius 2 is 1.68 bits per heavy atom. The molecule has 0 unspecified atom stereocenters. The van der Waals surface area contributed by atoms with Gasteiger partial charge in [-0.1, -0.05) is 32.0 Å². The topological polar surface area (TPSA) is 61.5 Å². The van der Waals surface area contributed by atoms with Gasteiger partial charge < -0.3 is 15.2 Å². The lowest BCUT2D eigenvalue weighted by atomic mass is 10.0. The molecule has 0 bridgehead atoms. The molecular weight excluding hydrogens is 242 g/mol. The predicted octanol–water partition coefficient (Wildman–Crippen LogP) is 2.37. The normalized spacial score (nSPS) is 15.7. The van der Waals surface area contributed by atoms with E-state index in [1.54, 1.807) is 6.92 Å². The van der Waals surface area contributed by atoms with Crippen LogP contribution < -0.4 is 10.5 Å². The van der Waals surface area contributed by atoms with Gasteiger partial charge in [0.25, 0.3) is 0 Å². The molecule has 0 radical (unpaired) electrons. The molecule has 3 atom stereocenters. The van der Waals surface area contributed by atoms with E-state index in [9.17, 15) is 4.79 Å². The monoisotopic (exact) mass is 265 g/mol. The van der Waals surface area contributed by atoms with E-state index < -0.39 is 12.0 Å². The minimum atomic E-state index is -0.620. The number of nitrogens with two attached hydrogens (primary N) is 1. The maximum absolute atomic E-state index is 11.6. The van der Waals surface area contributed by atoms with Crippen LogP contribution >= 0.6 is 0 Å². The molecule has 0 aliphatic carbocycles. The van der Waals surface area contributed by atoms with Gasteiger partial charge in [-0.25, -0.2) is 0 Å². The van der Waals surface area contributed by atoms with Crippen LogP contribution in [-0.4, -0.2) is 24.2 Å². The molecule has 4 nitrogen and oxygen atoms in total.